The molecule has 1 aromatic rings. The Labute approximate surface area is 93.3 Å². The van der Waals surface area contributed by atoms with Crippen molar-refractivity contribution in [3.63, 3.8) is 0 Å². The monoisotopic (exact) mass is 257 g/mol. The SMILES string of the molecule is Cc1cc(Br)cc(CC(C)(C)N)c1O. The van der Waals surface area contributed by atoms with E-state index in [0.717, 1.165) is 15.6 Å². The quantitative estimate of drug-likeness (QED) is 0.856. The van der Waals surface area contributed by atoms with Gasteiger partial charge in [-0.25, -0.2) is 0 Å². The van der Waals surface area contributed by atoms with E-state index >= 15 is 0 Å². The highest BCUT2D eigenvalue weighted by Crippen LogP contribution is 2.28. The van der Waals surface area contributed by atoms with Gasteiger partial charge in [0.15, 0.2) is 0 Å². The van der Waals surface area contributed by atoms with Gasteiger partial charge in [-0.15, -0.1) is 0 Å². The molecule has 0 aliphatic rings. The first-order chi connectivity index (χ1) is 6.29. The van der Waals surface area contributed by atoms with E-state index in [1.54, 1.807) is 0 Å². The summed E-state index contributed by atoms with van der Waals surface area (Å²) < 4.78 is 0.979. The Kier molecular flexibility index (Phi) is 3.22. The Hall–Kier alpha value is -0.540. The second-order valence-corrected chi connectivity index (χ2v) is 5.31. The number of benzene rings is 1. The van der Waals surface area contributed by atoms with Crippen LogP contribution in [0.4, 0.5) is 0 Å². The molecule has 0 unspecified atom stereocenters. The van der Waals surface area contributed by atoms with Crippen LogP contribution in [0, 0.1) is 6.92 Å². The summed E-state index contributed by atoms with van der Waals surface area (Å²) in [6.07, 6.45) is 0.666. The molecule has 0 heterocycles. The van der Waals surface area contributed by atoms with Gasteiger partial charge in [-0.05, 0) is 50.5 Å². The summed E-state index contributed by atoms with van der Waals surface area (Å²) in [5, 5.41) is 9.81. The number of nitrogens with two attached hydrogens (primary N) is 1. The van der Waals surface area contributed by atoms with E-state index in [2.05, 4.69) is 15.9 Å². The van der Waals surface area contributed by atoms with Gasteiger partial charge in [0.05, 0.1) is 0 Å². The van der Waals surface area contributed by atoms with Crippen LogP contribution in [0.15, 0.2) is 16.6 Å². The summed E-state index contributed by atoms with van der Waals surface area (Å²) in [6.45, 7) is 5.78. The van der Waals surface area contributed by atoms with E-state index in [0.29, 0.717) is 12.2 Å². The second-order valence-electron chi connectivity index (χ2n) is 4.40. The topological polar surface area (TPSA) is 46.2 Å². The predicted molar refractivity (Wildman–Crippen MR) is 62.5 cm³/mol. The molecular formula is C11H16BrNO. The van der Waals surface area contributed by atoms with Crippen LogP contribution >= 0.6 is 15.9 Å². The van der Waals surface area contributed by atoms with Crippen LogP contribution in [-0.4, -0.2) is 10.6 Å². The molecule has 3 heteroatoms. The Balaban J connectivity index is 3.09. The van der Waals surface area contributed by atoms with Gasteiger partial charge in [-0.1, -0.05) is 15.9 Å². The van der Waals surface area contributed by atoms with Crippen molar-refractivity contribution in [2.45, 2.75) is 32.7 Å². The Morgan fingerprint density at radius 1 is 1.43 bits per heavy atom. The Morgan fingerprint density at radius 3 is 2.50 bits per heavy atom. The van der Waals surface area contributed by atoms with Crippen LogP contribution in [0.5, 0.6) is 5.75 Å². The molecule has 0 aromatic heterocycles. The van der Waals surface area contributed by atoms with E-state index in [9.17, 15) is 5.11 Å². The molecule has 0 spiro atoms. The van der Waals surface area contributed by atoms with Gasteiger partial charge in [-0.3, -0.25) is 0 Å². The van der Waals surface area contributed by atoms with Crippen LogP contribution in [0.3, 0.4) is 0 Å². The third kappa shape index (κ3) is 3.00. The summed E-state index contributed by atoms with van der Waals surface area (Å²) in [7, 11) is 0. The molecular weight excluding hydrogens is 242 g/mol. The largest absolute Gasteiger partial charge is 0.507 e. The van der Waals surface area contributed by atoms with Crippen LogP contribution < -0.4 is 5.73 Å². The van der Waals surface area contributed by atoms with Gasteiger partial charge in [0.1, 0.15) is 5.75 Å². The average Bonchev–Trinajstić information content (AvgIpc) is 1.96. The number of halogens is 1. The highest BCUT2D eigenvalue weighted by Gasteiger charge is 2.15. The number of phenols is 1. The van der Waals surface area contributed by atoms with Gasteiger partial charge >= 0.3 is 0 Å². The van der Waals surface area contributed by atoms with Gasteiger partial charge in [0, 0.05) is 10.0 Å². The lowest BCUT2D eigenvalue weighted by Gasteiger charge is -2.19. The molecule has 14 heavy (non-hydrogen) atoms. The van der Waals surface area contributed by atoms with E-state index in [1.807, 2.05) is 32.9 Å². The third-order valence-corrected chi connectivity index (χ3v) is 2.45. The van der Waals surface area contributed by atoms with Crippen molar-refractivity contribution < 1.29 is 5.11 Å². The number of hydrogen-bond donors (Lipinski definition) is 2. The number of aryl methyl sites for hydroxylation is 1. The van der Waals surface area contributed by atoms with E-state index in [1.165, 1.54) is 0 Å². The van der Waals surface area contributed by atoms with Crippen molar-refractivity contribution in [3.8, 4) is 5.75 Å². The summed E-state index contributed by atoms with van der Waals surface area (Å²) in [4.78, 5) is 0. The maximum Gasteiger partial charge on any atom is 0.121 e. The summed E-state index contributed by atoms with van der Waals surface area (Å²) >= 11 is 3.40. The smallest absolute Gasteiger partial charge is 0.121 e. The zero-order valence-electron chi connectivity index (χ0n) is 8.76. The van der Waals surface area contributed by atoms with Crippen molar-refractivity contribution in [2.24, 2.45) is 5.73 Å². The molecule has 0 atom stereocenters. The number of phenolic OH excluding ortho intramolecular Hbond substituents is 1. The van der Waals surface area contributed by atoms with E-state index in [4.69, 9.17) is 5.73 Å². The fraction of sp³-hybridized carbons (Fsp3) is 0.455. The Bertz CT molecular complexity index is 342. The highest BCUT2D eigenvalue weighted by atomic mass is 79.9. The molecule has 1 aromatic carbocycles. The first-order valence-corrected chi connectivity index (χ1v) is 5.36. The lowest BCUT2D eigenvalue weighted by Crippen LogP contribution is -2.34. The summed E-state index contributed by atoms with van der Waals surface area (Å²) in [6, 6.07) is 3.80. The van der Waals surface area contributed by atoms with Crippen LogP contribution in [-0.2, 0) is 6.42 Å². The summed E-state index contributed by atoms with van der Waals surface area (Å²) in [5.74, 6) is 0.353. The molecule has 78 valence electrons. The summed E-state index contributed by atoms with van der Waals surface area (Å²) in [5.41, 5.74) is 7.38. The van der Waals surface area contributed by atoms with Crippen molar-refractivity contribution in [1.82, 2.24) is 0 Å². The van der Waals surface area contributed by atoms with Gasteiger partial charge < -0.3 is 10.8 Å². The lowest BCUT2D eigenvalue weighted by molar-refractivity contribution is 0.446. The molecule has 0 fully saturated rings. The minimum absolute atomic E-state index is 0.301. The van der Waals surface area contributed by atoms with Crippen LogP contribution in [0.2, 0.25) is 0 Å². The minimum atomic E-state index is -0.301. The molecule has 3 N–H and O–H groups in total. The maximum absolute atomic E-state index is 9.81. The third-order valence-electron chi connectivity index (χ3n) is 1.99. The van der Waals surface area contributed by atoms with Crippen LogP contribution in [0.25, 0.3) is 0 Å². The molecule has 0 saturated carbocycles. The van der Waals surface area contributed by atoms with Gasteiger partial charge in [0.25, 0.3) is 0 Å². The van der Waals surface area contributed by atoms with Crippen molar-refractivity contribution in [2.75, 3.05) is 0 Å². The van der Waals surface area contributed by atoms with E-state index in [-0.39, 0.29) is 5.54 Å². The van der Waals surface area contributed by atoms with Gasteiger partial charge in [-0.2, -0.15) is 0 Å². The number of rotatable bonds is 2. The average molecular weight is 258 g/mol. The predicted octanol–water partition coefficient (Wildman–Crippen LogP) is 2.74. The fourth-order valence-electron chi connectivity index (χ4n) is 1.43. The zero-order chi connectivity index (χ0) is 10.9. The molecule has 0 bridgehead atoms. The number of aromatic hydroxyl groups is 1. The first kappa shape index (κ1) is 11.5. The molecule has 1 rings (SSSR count). The molecule has 0 aliphatic heterocycles. The normalized spacial score (nSPS) is 11.8. The zero-order valence-corrected chi connectivity index (χ0v) is 10.4. The van der Waals surface area contributed by atoms with Gasteiger partial charge in [0.2, 0.25) is 0 Å². The molecule has 0 amide bonds. The fourth-order valence-corrected chi connectivity index (χ4v) is 2.05. The van der Waals surface area contributed by atoms with Crippen molar-refractivity contribution in [1.29, 1.82) is 0 Å². The first-order valence-electron chi connectivity index (χ1n) is 4.56. The van der Waals surface area contributed by atoms with Crippen LogP contribution in [0.1, 0.15) is 25.0 Å². The Morgan fingerprint density at radius 2 is 2.00 bits per heavy atom. The highest BCUT2D eigenvalue weighted by molar-refractivity contribution is 9.10. The maximum atomic E-state index is 9.81. The minimum Gasteiger partial charge on any atom is -0.507 e. The molecule has 0 aliphatic carbocycles. The van der Waals surface area contributed by atoms with Crippen molar-refractivity contribution in [3.05, 3.63) is 27.7 Å². The molecule has 0 radical (unpaired) electrons. The van der Waals surface area contributed by atoms with Crippen molar-refractivity contribution >= 4 is 15.9 Å². The molecule has 0 saturated heterocycles. The second kappa shape index (κ2) is 3.91. The standard InChI is InChI=1S/C11H16BrNO/c1-7-4-9(12)5-8(10(7)14)6-11(2,3)13/h4-5,14H,6,13H2,1-3H3. The van der Waals surface area contributed by atoms with E-state index < -0.39 is 0 Å². The lowest BCUT2D eigenvalue weighted by atomic mass is 9.94. The molecule has 2 nitrogen and oxygen atoms in total. The number of hydrogen-bond acceptors (Lipinski definition) is 2.